The molecule has 1 N–H and O–H groups in total. The summed E-state index contributed by atoms with van der Waals surface area (Å²) in [6.45, 7) is 4.21. The molecule has 0 saturated carbocycles. The van der Waals surface area contributed by atoms with Crippen molar-refractivity contribution in [2.75, 3.05) is 4.31 Å². The summed E-state index contributed by atoms with van der Waals surface area (Å²) in [6, 6.07) is 27.8. The van der Waals surface area contributed by atoms with Crippen molar-refractivity contribution in [3.8, 4) is 11.1 Å². The summed E-state index contributed by atoms with van der Waals surface area (Å²) in [5.41, 5.74) is 7.03. The number of hydrogen-bond acceptors (Lipinski definition) is 3. The monoisotopic (exact) mass is 406 g/mol. The molecular formula is C27H22N2S. The van der Waals surface area contributed by atoms with E-state index in [0.717, 1.165) is 22.6 Å². The molecule has 3 aromatic rings. The fourth-order valence-corrected chi connectivity index (χ4v) is 4.62. The van der Waals surface area contributed by atoms with Gasteiger partial charge in [-0.25, -0.2) is 0 Å². The minimum atomic E-state index is 0.123. The van der Waals surface area contributed by atoms with Gasteiger partial charge in [0.2, 0.25) is 0 Å². The van der Waals surface area contributed by atoms with Crippen LogP contribution < -0.4 is 9.62 Å². The van der Waals surface area contributed by atoms with Gasteiger partial charge in [0.1, 0.15) is 5.82 Å². The van der Waals surface area contributed by atoms with Crippen molar-refractivity contribution in [2.24, 2.45) is 0 Å². The van der Waals surface area contributed by atoms with Crippen LogP contribution in [0, 0.1) is 0 Å². The third-order valence-electron chi connectivity index (χ3n) is 5.36. The number of nitrogens with one attached hydrogen (secondary N) is 1. The lowest BCUT2D eigenvalue weighted by atomic mass is 9.99. The molecule has 0 saturated heterocycles. The molecule has 0 bridgehead atoms. The van der Waals surface area contributed by atoms with Crippen LogP contribution >= 0.6 is 11.9 Å². The first kappa shape index (κ1) is 18.6. The summed E-state index contributed by atoms with van der Waals surface area (Å²) in [4.78, 5) is 0. The molecule has 0 aliphatic carbocycles. The highest BCUT2D eigenvalue weighted by Crippen LogP contribution is 2.38. The van der Waals surface area contributed by atoms with E-state index < -0.39 is 0 Å². The first-order valence-corrected chi connectivity index (χ1v) is 10.9. The molecule has 0 radical (unpaired) electrons. The summed E-state index contributed by atoms with van der Waals surface area (Å²) in [6.07, 6.45) is 8.53. The van der Waals surface area contributed by atoms with Crippen LogP contribution in [-0.4, -0.2) is 0 Å². The topological polar surface area (TPSA) is 15.3 Å². The smallest absolute Gasteiger partial charge is 0.117 e. The first-order valence-electron chi connectivity index (χ1n) is 10.0. The molecule has 0 fully saturated rings. The molecule has 1 unspecified atom stereocenters. The maximum Gasteiger partial charge on any atom is 0.117 e. The van der Waals surface area contributed by atoms with E-state index >= 15 is 0 Å². The van der Waals surface area contributed by atoms with Crippen LogP contribution in [0.3, 0.4) is 0 Å². The van der Waals surface area contributed by atoms with Gasteiger partial charge < -0.3 is 5.32 Å². The van der Waals surface area contributed by atoms with Gasteiger partial charge in [0.25, 0.3) is 0 Å². The van der Waals surface area contributed by atoms with E-state index in [-0.39, 0.29) is 6.04 Å². The molecule has 0 spiro atoms. The quantitative estimate of drug-likeness (QED) is 0.467. The highest BCUT2D eigenvalue weighted by Gasteiger charge is 2.22. The molecule has 2 aliphatic rings. The number of benzene rings is 3. The molecule has 3 aromatic carbocycles. The normalized spacial score (nSPS) is 17.7. The molecule has 0 aromatic heterocycles. The van der Waals surface area contributed by atoms with Crippen molar-refractivity contribution in [3.63, 3.8) is 0 Å². The van der Waals surface area contributed by atoms with E-state index in [0.29, 0.717) is 0 Å². The lowest BCUT2D eigenvalue weighted by Gasteiger charge is -2.31. The summed E-state index contributed by atoms with van der Waals surface area (Å²) < 4.78 is 2.23. The fraction of sp³-hybridized carbons (Fsp3) is 0.0370. The Hall–Kier alpha value is -3.43. The van der Waals surface area contributed by atoms with Gasteiger partial charge in [-0.2, -0.15) is 0 Å². The van der Waals surface area contributed by atoms with Gasteiger partial charge >= 0.3 is 0 Å². The Morgan fingerprint density at radius 2 is 1.57 bits per heavy atom. The summed E-state index contributed by atoms with van der Waals surface area (Å²) >= 11 is 1.66. The maximum absolute atomic E-state index is 4.21. The van der Waals surface area contributed by atoms with E-state index in [9.17, 15) is 0 Å². The number of hydrogen-bond donors (Lipinski definition) is 1. The Kier molecular flexibility index (Phi) is 5.04. The van der Waals surface area contributed by atoms with Crippen LogP contribution in [0.4, 0.5) is 5.69 Å². The van der Waals surface area contributed by atoms with Crippen molar-refractivity contribution in [1.29, 1.82) is 0 Å². The molecule has 146 valence electrons. The summed E-state index contributed by atoms with van der Waals surface area (Å²) in [7, 11) is 0. The molecule has 2 nitrogen and oxygen atoms in total. The average molecular weight is 407 g/mol. The van der Waals surface area contributed by atoms with E-state index in [1.54, 1.807) is 11.9 Å². The fourth-order valence-electron chi connectivity index (χ4n) is 3.78. The minimum Gasteiger partial charge on any atom is -0.360 e. The first-order chi connectivity index (χ1) is 14.8. The number of rotatable bonds is 3. The third-order valence-corrected chi connectivity index (χ3v) is 6.22. The Balaban J connectivity index is 1.40. The van der Waals surface area contributed by atoms with Gasteiger partial charge in [0, 0.05) is 5.56 Å². The van der Waals surface area contributed by atoms with Gasteiger partial charge in [-0.15, -0.1) is 0 Å². The predicted octanol–water partition coefficient (Wildman–Crippen LogP) is 7.09. The summed E-state index contributed by atoms with van der Waals surface area (Å²) in [5.74, 6) is 1.06. The molecule has 2 heterocycles. The zero-order valence-electron chi connectivity index (χ0n) is 16.5. The van der Waals surface area contributed by atoms with Crippen molar-refractivity contribution in [2.45, 2.75) is 6.04 Å². The van der Waals surface area contributed by atoms with Gasteiger partial charge in [0.05, 0.1) is 11.7 Å². The Morgan fingerprint density at radius 1 is 0.833 bits per heavy atom. The molecule has 0 amide bonds. The Bertz CT molecular complexity index is 1160. The molecular weight excluding hydrogens is 384 g/mol. The number of fused-ring (bicyclic) bond motifs is 1. The van der Waals surface area contributed by atoms with E-state index in [4.69, 9.17) is 0 Å². The van der Waals surface area contributed by atoms with Crippen molar-refractivity contribution in [3.05, 3.63) is 132 Å². The van der Waals surface area contributed by atoms with Crippen LogP contribution in [-0.2, 0) is 0 Å². The van der Waals surface area contributed by atoms with Crippen LogP contribution in [0.5, 0.6) is 0 Å². The SMILES string of the molecule is C=C1C=CSN(C2=CC=CC(c3ccc(-c4ccccc4)cc3)N2)c2ccccc21. The van der Waals surface area contributed by atoms with Crippen LogP contribution in [0.1, 0.15) is 17.2 Å². The maximum atomic E-state index is 4.21. The number of anilines is 1. The molecule has 30 heavy (non-hydrogen) atoms. The lowest BCUT2D eigenvalue weighted by Crippen LogP contribution is -2.30. The largest absolute Gasteiger partial charge is 0.360 e. The van der Waals surface area contributed by atoms with Crippen molar-refractivity contribution < 1.29 is 0 Å². The number of dihydropyridines is 1. The second-order valence-electron chi connectivity index (χ2n) is 7.29. The molecule has 2 aliphatic heterocycles. The highest BCUT2D eigenvalue weighted by molar-refractivity contribution is 8.03. The molecule has 1 atom stereocenters. The Morgan fingerprint density at radius 3 is 2.40 bits per heavy atom. The standard InChI is InChI=1S/C27H22N2S/c1-20-18-19-30-29(26-12-6-5-10-24(20)26)27-13-7-11-25(28-27)23-16-14-22(15-17-23)21-8-3-2-4-9-21/h2-19,25,28H,1H2. The van der Waals surface area contributed by atoms with Gasteiger partial charge in [-0.05, 0) is 57.8 Å². The van der Waals surface area contributed by atoms with Crippen LogP contribution in [0.2, 0.25) is 0 Å². The number of nitrogens with zero attached hydrogens (tertiary/aromatic N) is 1. The Labute approximate surface area is 182 Å². The van der Waals surface area contributed by atoms with Crippen molar-refractivity contribution in [1.82, 2.24) is 5.32 Å². The van der Waals surface area contributed by atoms with Gasteiger partial charge in [-0.3, -0.25) is 4.31 Å². The van der Waals surface area contributed by atoms with Crippen LogP contribution in [0.25, 0.3) is 16.7 Å². The van der Waals surface area contributed by atoms with Gasteiger partial charge in [0.15, 0.2) is 0 Å². The van der Waals surface area contributed by atoms with Crippen LogP contribution in [0.15, 0.2) is 121 Å². The van der Waals surface area contributed by atoms with E-state index in [1.165, 1.54) is 16.7 Å². The lowest BCUT2D eigenvalue weighted by molar-refractivity contribution is 0.698. The molecule has 3 heteroatoms. The highest BCUT2D eigenvalue weighted by atomic mass is 32.2. The van der Waals surface area contributed by atoms with Crippen molar-refractivity contribution >= 4 is 23.2 Å². The second-order valence-corrected chi connectivity index (χ2v) is 8.14. The number of allylic oxidation sites excluding steroid dienone is 4. The summed E-state index contributed by atoms with van der Waals surface area (Å²) in [5, 5.41) is 5.79. The number of para-hydroxylation sites is 1. The van der Waals surface area contributed by atoms with Gasteiger partial charge in [-0.1, -0.05) is 91.5 Å². The average Bonchev–Trinajstić information content (AvgIpc) is 2.99. The van der Waals surface area contributed by atoms with E-state index in [1.807, 2.05) is 6.07 Å². The minimum absolute atomic E-state index is 0.123. The van der Waals surface area contributed by atoms with E-state index in [2.05, 4.69) is 119 Å². The zero-order chi connectivity index (χ0) is 20.3. The molecule has 5 rings (SSSR count). The second kappa shape index (κ2) is 8.13. The zero-order valence-corrected chi connectivity index (χ0v) is 17.3. The third kappa shape index (κ3) is 3.60. The predicted molar refractivity (Wildman–Crippen MR) is 130 cm³/mol.